The van der Waals surface area contributed by atoms with Gasteiger partial charge in [-0.15, -0.1) is 0 Å². The van der Waals surface area contributed by atoms with Crippen molar-refractivity contribution in [2.24, 2.45) is 5.73 Å². The topological polar surface area (TPSA) is 77.2 Å². The molecule has 1 aromatic rings. The van der Waals surface area contributed by atoms with Crippen LogP contribution >= 0.6 is 0 Å². The lowest BCUT2D eigenvalue weighted by atomic mass is 9.78. The third-order valence-corrected chi connectivity index (χ3v) is 3.15. The summed E-state index contributed by atoms with van der Waals surface area (Å²) >= 11 is 0. The van der Waals surface area contributed by atoms with Gasteiger partial charge in [0.2, 0.25) is 0 Å². The van der Waals surface area contributed by atoms with Crippen LogP contribution in [0, 0.1) is 0 Å². The molecule has 0 atom stereocenters. The van der Waals surface area contributed by atoms with Crippen molar-refractivity contribution in [3.8, 4) is 0 Å². The summed E-state index contributed by atoms with van der Waals surface area (Å²) < 4.78 is 4.65. The first-order valence-electron chi connectivity index (χ1n) is 5.70. The number of nitrogens with two attached hydrogens (primary N) is 1. The lowest BCUT2D eigenvalue weighted by Crippen LogP contribution is -2.52. The maximum Gasteiger partial charge on any atom is 0.338 e. The summed E-state index contributed by atoms with van der Waals surface area (Å²) in [6.07, 6.45) is 4.85. The van der Waals surface area contributed by atoms with Gasteiger partial charge in [-0.05, 0) is 31.4 Å². The van der Waals surface area contributed by atoms with Crippen molar-refractivity contribution >= 4 is 11.8 Å². The summed E-state index contributed by atoms with van der Waals surface area (Å²) in [7, 11) is 1.36. The average molecular weight is 235 g/mol. The van der Waals surface area contributed by atoms with Crippen LogP contribution in [0.4, 0.5) is 5.82 Å². The van der Waals surface area contributed by atoms with E-state index in [4.69, 9.17) is 5.73 Å². The minimum Gasteiger partial charge on any atom is -0.465 e. The molecule has 0 radical (unpaired) electrons. The molecule has 1 aliphatic carbocycles. The number of ether oxygens (including phenoxy) is 1. The second kappa shape index (κ2) is 4.71. The zero-order valence-electron chi connectivity index (χ0n) is 9.90. The second-order valence-electron chi connectivity index (χ2n) is 4.49. The first-order valence-corrected chi connectivity index (χ1v) is 5.70. The van der Waals surface area contributed by atoms with Gasteiger partial charge < -0.3 is 15.8 Å². The Kier molecular flexibility index (Phi) is 3.28. The molecular formula is C12H17N3O2. The molecule has 5 nitrogen and oxygen atoms in total. The predicted molar refractivity (Wildman–Crippen MR) is 64.8 cm³/mol. The van der Waals surface area contributed by atoms with Crippen LogP contribution in [0.2, 0.25) is 0 Å². The van der Waals surface area contributed by atoms with E-state index in [1.54, 1.807) is 18.3 Å². The number of aromatic nitrogens is 1. The van der Waals surface area contributed by atoms with E-state index in [1.165, 1.54) is 13.5 Å². The summed E-state index contributed by atoms with van der Waals surface area (Å²) in [5, 5.41) is 3.16. The highest BCUT2D eigenvalue weighted by Crippen LogP contribution is 2.29. The van der Waals surface area contributed by atoms with Gasteiger partial charge in [0.25, 0.3) is 0 Å². The lowest BCUT2D eigenvalue weighted by Gasteiger charge is -2.38. The molecule has 2 rings (SSSR count). The lowest BCUT2D eigenvalue weighted by molar-refractivity contribution is 0.0600. The third kappa shape index (κ3) is 2.74. The predicted octanol–water partition coefficient (Wildman–Crippen LogP) is 1.16. The van der Waals surface area contributed by atoms with E-state index in [-0.39, 0.29) is 11.5 Å². The van der Waals surface area contributed by atoms with E-state index in [0.29, 0.717) is 17.9 Å². The van der Waals surface area contributed by atoms with E-state index in [2.05, 4.69) is 15.0 Å². The number of hydrogen-bond acceptors (Lipinski definition) is 5. The molecule has 0 unspecified atom stereocenters. The van der Waals surface area contributed by atoms with E-state index < -0.39 is 0 Å². The maximum atomic E-state index is 11.3. The smallest absolute Gasteiger partial charge is 0.338 e. The Morgan fingerprint density at radius 1 is 1.65 bits per heavy atom. The van der Waals surface area contributed by atoms with Crippen LogP contribution in [-0.2, 0) is 4.74 Å². The fourth-order valence-corrected chi connectivity index (χ4v) is 1.85. The molecule has 1 fully saturated rings. The minimum absolute atomic E-state index is 0.108. The fraction of sp³-hybridized carbons (Fsp3) is 0.500. The molecule has 17 heavy (non-hydrogen) atoms. The summed E-state index contributed by atoms with van der Waals surface area (Å²) in [6.45, 7) is 0.685. The molecule has 1 saturated carbocycles. The van der Waals surface area contributed by atoms with Crippen LogP contribution in [-0.4, -0.2) is 30.1 Å². The molecule has 0 aliphatic heterocycles. The zero-order valence-corrected chi connectivity index (χ0v) is 9.90. The van der Waals surface area contributed by atoms with Gasteiger partial charge in [-0.1, -0.05) is 0 Å². The van der Waals surface area contributed by atoms with Crippen LogP contribution in [0.1, 0.15) is 29.6 Å². The van der Waals surface area contributed by atoms with Crippen LogP contribution in [0.15, 0.2) is 18.3 Å². The molecule has 5 heteroatoms. The molecule has 92 valence electrons. The number of nitrogens with one attached hydrogen (secondary N) is 1. The van der Waals surface area contributed by atoms with E-state index in [9.17, 15) is 4.79 Å². The highest BCUT2D eigenvalue weighted by Gasteiger charge is 2.32. The summed E-state index contributed by atoms with van der Waals surface area (Å²) in [5.41, 5.74) is 6.48. The number of anilines is 1. The highest BCUT2D eigenvalue weighted by atomic mass is 16.5. The summed E-state index contributed by atoms with van der Waals surface area (Å²) in [6, 6.07) is 3.30. The van der Waals surface area contributed by atoms with Crippen molar-refractivity contribution in [3.63, 3.8) is 0 Å². The number of carbonyl (C=O) groups is 1. The van der Waals surface area contributed by atoms with Crippen LogP contribution < -0.4 is 11.1 Å². The van der Waals surface area contributed by atoms with Crippen LogP contribution in [0.25, 0.3) is 0 Å². The molecule has 0 bridgehead atoms. The minimum atomic E-state index is -0.360. The van der Waals surface area contributed by atoms with Crippen LogP contribution in [0.3, 0.4) is 0 Å². The van der Waals surface area contributed by atoms with Gasteiger partial charge >= 0.3 is 5.97 Å². The number of rotatable bonds is 4. The first-order chi connectivity index (χ1) is 8.13. The van der Waals surface area contributed by atoms with E-state index in [1.807, 2.05) is 0 Å². The fourth-order valence-electron chi connectivity index (χ4n) is 1.85. The molecular weight excluding hydrogens is 218 g/mol. The number of carbonyl (C=O) groups excluding carboxylic acids is 1. The number of hydrogen-bond donors (Lipinski definition) is 2. The number of nitrogens with zero attached hydrogens (tertiary/aromatic N) is 1. The zero-order chi connectivity index (χ0) is 12.3. The van der Waals surface area contributed by atoms with Gasteiger partial charge in [0.15, 0.2) is 0 Å². The van der Waals surface area contributed by atoms with Crippen molar-refractivity contribution in [3.05, 3.63) is 23.9 Å². The van der Waals surface area contributed by atoms with Gasteiger partial charge in [-0.25, -0.2) is 9.78 Å². The summed E-state index contributed by atoms with van der Waals surface area (Å²) in [5.74, 6) is 0.297. The van der Waals surface area contributed by atoms with Crippen LogP contribution in [0.5, 0.6) is 0 Å². The Morgan fingerprint density at radius 2 is 2.41 bits per heavy atom. The monoisotopic (exact) mass is 235 g/mol. The maximum absolute atomic E-state index is 11.3. The van der Waals surface area contributed by atoms with Crippen molar-refractivity contribution in [1.82, 2.24) is 4.98 Å². The molecule has 0 amide bonds. The number of pyridine rings is 1. The molecule has 0 saturated heterocycles. The van der Waals surface area contributed by atoms with E-state index >= 15 is 0 Å². The van der Waals surface area contributed by atoms with Crippen molar-refractivity contribution < 1.29 is 9.53 Å². The Balaban J connectivity index is 1.98. The standard InChI is InChI=1S/C12H17N3O2/c1-17-11(16)9-3-6-14-10(7-9)15-8-12(13)4-2-5-12/h3,6-7H,2,4-5,8,13H2,1H3,(H,14,15). The SMILES string of the molecule is COC(=O)c1ccnc(NCC2(N)CCC2)c1. The van der Waals surface area contributed by atoms with Crippen molar-refractivity contribution in [1.29, 1.82) is 0 Å². The second-order valence-corrected chi connectivity index (χ2v) is 4.49. The molecule has 0 spiro atoms. The Morgan fingerprint density at radius 3 is 3.00 bits per heavy atom. The molecule has 3 N–H and O–H groups in total. The summed E-state index contributed by atoms with van der Waals surface area (Å²) in [4.78, 5) is 15.5. The Hall–Kier alpha value is -1.62. The molecule has 0 aromatic carbocycles. The first kappa shape index (κ1) is 11.9. The normalized spacial score (nSPS) is 17.1. The van der Waals surface area contributed by atoms with Gasteiger partial charge in [0.1, 0.15) is 5.82 Å². The average Bonchev–Trinajstić information content (AvgIpc) is 2.33. The molecule has 1 heterocycles. The largest absolute Gasteiger partial charge is 0.465 e. The highest BCUT2D eigenvalue weighted by molar-refractivity contribution is 5.89. The van der Waals surface area contributed by atoms with Gasteiger partial charge in [0, 0.05) is 18.3 Å². The quantitative estimate of drug-likeness (QED) is 0.766. The third-order valence-electron chi connectivity index (χ3n) is 3.15. The van der Waals surface area contributed by atoms with E-state index in [0.717, 1.165) is 12.8 Å². The Bertz CT molecular complexity index is 416. The number of esters is 1. The Labute approximate surface area is 100 Å². The number of methoxy groups -OCH3 is 1. The van der Waals surface area contributed by atoms with Gasteiger partial charge in [-0.3, -0.25) is 0 Å². The van der Waals surface area contributed by atoms with Crippen molar-refractivity contribution in [2.75, 3.05) is 19.0 Å². The molecule has 1 aromatic heterocycles. The van der Waals surface area contributed by atoms with Gasteiger partial charge in [0.05, 0.1) is 12.7 Å². The van der Waals surface area contributed by atoms with Crippen molar-refractivity contribution in [2.45, 2.75) is 24.8 Å². The molecule has 1 aliphatic rings. The van der Waals surface area contributed by atoms with Gasteiger partial charge in [-0.2, -0.15) is 0 Å².